The third-order valence-electron chi connectivity index (χ3n) is 3.63. The Balaban J connectivity index is 0.00000364. The van der Waals surface area contributed by atoms with Crippen LogP contribution in [-0.2, 0) is 16.0 Å². The third kappa shape index (κ3) is 7.84. The zero-order valence-electron chi connectivity index (χ0n) is 14.1. The van der Waals surface area contributed by atoms with Crippen molar-refractivity contribution in [3.8, 4) is 0 Å². The SMILES string of the molecule is CC(=O)SCC(Cc1ccc(F)cc1)C(=O)Nc1cccc(C(=O)O)c1.[NaH]. The molecule has 2 N–H and O–H groups in total. The van der Waals surface area contributed by atoms with Gasteiger partial charge in [0.15, 0.2) is 5.12 Å². The first-order valence-corrected chi connectivity index (χ1v) is 8.85. The number of carbonyl (C=O) groups excluding carboxylic acids is 2. The molecule has 0 fully saturated rings. The Morgan fingerprint density at radius 2 is 1.81 bits per heavy atom. The molecule has 0 aromatic heterocycles. The molecule has 2 rings (SSSR count). The van der Waals surface area contributed by atoms with Crippen LogP contribution in [0.3, 0.4) is 0 Å². The molecule has 0 bridgehead atoms. The topological polar surface area (TPSA) is 83.5 Å². The second-order valence-electron chi connectivity index (χ2n) is 5.71. The molecule has 8 heteroatoms. The fourth-order valence-corrected chi connectivity index (χ4v) is 3.03. The molecule has 1 amide bonds. The third-order valence-corrected chi connectivity index (χ3v) is 4.61. The van der Waals surface area contributed by atoms with Crippen molar-refractivity contribution in [1.82, 2.24) is 0 Å². The minimum absolute atomic E-state index is 0. The Morgan fingerprint density at radius 3 is 2.41 bits per heavy atom. The average molecular weight is 399 g/mol. The second kappa shape index (κ2) is 11.2. The summed E-state index contributed by atoms with van der Waals surface area (Å²) in [5.74, 6) is -2.03. The molecule has 0 aliphatic carbocycles. The Bertz CT molecular complexity index is 814. The zero-order chi connectivity index (χ0) is 19.1. The Hall–Kier alpha value is -1.67. The van der Waals surface area contributed by atoms with Crippen LogP contribution in [0.5, 0.6) is 0 Å². The van der Waals surface area contributed by atoms with Crippen LogP contribution in [0.15, 0.2) is 48.5 Å². The predicted molar refractivity (Wildman–Crippen MR) is 106 cm³/mol. The van der Waals surface area contributed by atoms with E-state index in [0.717, 1.165) is 17.3 Å². The number of nitrogens with one attached hydrogen (secondary N) is 1. The molecule has 2 aromatic carbocycles. The van der Waals surface area contributed by atoms with Gasteiger partial charge >= 0.3 is 35.5 Å². The molecule has 0 saturated carbocycles. The van der Waals surface area contributed by atoms with Gasteiger partial charge in [-0.1, -0.05) is 30.0 Å². The number of aromatic carboxylic acids is 1. The molecule has 0 saturated heterocycles. The molecule has 5 nitrogen and oxygen atoms in total. The van der Waals surface area contributed by atoms with Crippen molar-refractivity contribution in [2.75, 3.05) is 11.1 Å². The van der Waals surface area contributed by atoms with E-state index in [-0.39, 0.29) is 57.7 Å². The van der Waals surface area contributed by atoms with Crippen LogP contribution in [0.2, 0.25) is 0 Å². The number of carbonyl (C=O) groups is 3. The number of hydrogen-bond donors (Lipinski definition) is 2. The van der Waals surface area contributed by atoms with Crippen LogP contribution in [0, 0.1) is 11.7 Å². The van der Waals surface area contributed by atoms with Gasteiger partial charge in [-0.25, -0.2) is 9.18 Å². The fourth-order valence-electron chi connectivity index (χ4n) is 2.32. The predicted octanol–water partition coefficient (Wildman–Crippen LogP) is 2.95. The number of carboxylic acid groups (broad SMARTS) is 1. The summed E-state index contributed by atoms with van der Waals surface area (Å²) in [5.41, 5.74) is 1.21. The summed E-state index contributed by atoms with van der Waals surface area (Å²) in [4.78, 5) is 34.9. The van der Waals surface area contributed by atoms with E-state index in [1.165, 1.54) is 31.2 Å². The summed E-state index contributed by atoms with van der Waals surface area (Å²) in [6.45, 7) is 1.42. The van der Waals surface area contributed by atoms with Crippen LogP contribution in [0.4, 0.5) is 10.1 Å². The zero-order valence-corrected chi connectivity index (χ0v) is 14.9. The molecule has 27 heavy (non-hydrogen) atoms. The number of amides is 1. The van der Waals surface area contributed by atoms with Crippen LogP contribution in [0.25, 0.3) is 0 Å². The van der Waals surface area contributed by atoms with E-state index < -0.39 is 11.9 Å². The molecule has 0 radical (unpaired) electrons. The molecular weight excluding hydrogens is 380 g/mol. The molecule has 0 heterocycles. The van der Waals surface area contributed by atoms with Gasteiger partial charge in [0.2, 0.25) is 5.91 Å². The summed E-state index contributed by atoms with van der Waals surface area (Å²) < 4.78 is 13.1. The van der Waals surface area contributed by atoms with Crippen molar-refractivity contribution in [2.45, 2.75) is 13.3 Å². The molecule has 0 aliphatic heterocycles. The number of hydrogen-bond acceptors (Lipinski definition) is 4. The van der Waals surface area contributed by atoms with Crippen molar-refractivity contribution in [3.05, 3.63) is 65.5 Å². The summed E-state index contributed by atoms with van der Waals surface area (Å²) in [7, 11) is 0. The van der Waals surface area contributed by atoms with E-state index in [9.17, 15) is 18.8 Å². The average Bonchev–Trinajstić information content (AvgIpc) is 2.60. The van der Waals surface area contributed by atoms with Crippen molar-refractivity contribution >= 4 is 64.0 Å². The van der Waals surface area contributed by atoms with Gasteiger partial charge in [-0.05, 0) is 42.3 Å². The van der Waals surface area contributed by atoms with E-state index in [1.54, 1.807) is 24.3 Å². The van der Waals surface area contributed by atoms with Gasteiger partial charge in [0, 0.05) is 18.4 Å². The quantitative estimate of drug-likeness (QED) is 0.700. The molecule has 2 aromatic rings. The molecule has 1 unspecified atom stereocenters. The van der Waals surface area contributed by atoms with Crippen LogP contribution in [0.1, 0.15) is 22.8 Å². The van der Waals surface area contributed by atoms with Gasteiger partial charge in [0.05, 0.1) is 11.5 Å². The normalized spacial score (nSPS) is 11.2. The first-order chi connectivity index (χ1) is 12.3. The van der Waals surface area contributed by atoms with E-state index in [0.29, 0.717) is 12.1 Å². The van der Waals surface area contributed by atoms with Gasteiger partial charge in [0.25, 0.3) is 0 Å². The fraction of sp³-hybridized carbons (Fsp3) is 0.211. The molecular formula is C19H19FNNaO4S. The monoisotopic (exact) mass is 399 g/mol. The Morgan fingerprint density at radius 1 is 1.15 bits per heavy atom. The summed E-state index contributed by atoms with van der Waals surface area (Å²) in [6, 6.07) is 11.8. The second-order valence-corrected chi connectivity index (χ2v) is 6.90. The van der Waals surface area contributed by atoms with Gasteiger partial charge in [-0.2, -0.15) is 0 Å². The number of anilines is 1. The van der Waals surface area contributed by atoms with Gasteiger partial charge < -0.3 is 10.4 Å². The maximum absolute atomic E-state index is 13.1. The van der Waals surface area contributed by atoms with Gasteiger partial charge in [0.1, 0.15) is 5.82 Å². The van der Waals surface area contributed by atoms with Crippen molar-refractivity contribution in [1.29, 1.82) is 0 Å². The number of carboxylic acids is 1. The Labute approximate surface area is 183 Å². The standard InChI is InChI=1S/C19H18FNO4S.Na.H/c1-12(22)26-11-15(9-13-5-7-16(20)8-6-13)18(23)21-17-4-2-3-14(10-17)19(24)25;;/h2-8,10,15H,9,11H2,1H3,(H,21,23)(H,24,25);;. The Kier molecular flexibility index (Phi) is 9.73. The first kappa shape index (κ1) is 23.4. The summed E-state index contributed by atoms with van der Waals surface area (Å²) in [5, 5.41) is 11.6. The van der Waals surface area contributed by atoms with Crippen molar-refractivity contribution in [2.24, 2.45) is 5.92 Å². The van der Waals surface area contributed by atoms with E-state index in [4.69, 9.17) is 5.11 Å². The van der Waals surface area contributed by atoms with E-state index >= 15 is 0 Å². The summed E-state index contributed by atoms with van der Waals surface area (Å²) >= 11 is 1.04. The van der Waals surface area contributed by atoms with E-state index in [1.807, 2.05) is 0 Å². The molecule has 0 aliphatic rings. The maximum atomic E-state index is 13.1. The number of halogens is 1. The van der Waals surface area contributed by atoms with Gasteiger partial charge in [-0.3, -0.25) is 9.59 Å². The summed E-state index contributed by atoms with van der Waals surface area (Å²) in [6.07, 6.45) is 0.338. The van der Waals surface area contributed by atoms with E-state index in [2.05, 4.69) is 5.32 Å². The molecule has 0 spiro atoms. The van der Waals surface area contributed by atoms with Crippen LogP contribution < -0.4 is 5.32 Å². The molecule has 1 atom stereocenters. The van der Waals surface area contributed by atoms with Gasteiger partial charge in [-0.15, -0.1) is 0 Å². The van der Waals surface area contributed by atoms with Crippen LogP contribution >= 0.6 is 11.8 Å². The minimum atomic E-state index is -1.09. The molecule has 138 valence electrons. The van der Waals surface area contributed by atoms with Crippen molar-refractivity contribution in [3.63, 3.8) is 0 Å². The number of rotatable bonds is 7. The van der Waals surface area contributed by atoms with Crippen molar-refractivity contribution < 1.29 is 23.9 Å². The first-order valence-electron chi connectivity index (χ1n) is 7.87. The van der Waals surface area contributed by atoms with Crippen LogP contribution in [-0.4, -0.2) is 57.4 Å². The number of benzene rings is 2. The number of thioether (sulfide) groups is 1.